The molecule has 0 saturated carbocycles. The number of benzene rings is 1. The molecule has 0 radical (unpaired) electrons. The largest absolute Gasteiger partial charge is 0.444 e. The average Bonchev–Trinajstić information content (AvgIpc) is 2.72. The lowest BCUT2D eigenvalue weighted by Crippen LogP contribution is -2.39. The molecule has 0 unspecified atom stereocenters. The standard InChI is InChI=1S/C17H24N2O3/c1-12-11-13-7-5-6-8-14(13)19(12)15(20)9-10-18-16(21)22-17(2,3)4/h5-8,12H,9-11H2,1-4H3,(H,18,21)/t12-/m0/s1. The van der Waals surface area contributed by atoms with Crippen LogP contribution in [0.15, 0.2) is 24.3 Å². The van der Waals surface area contributed by atoms with Crippen LogP contribution in [0.2, 0.25) is 0 Å². The summed E-state index contributed by atoms with van der Waals surface area (Å²) in [7, 11) is 0. The lowest BCUT2D eigenvalue weighted by Gasteiger charge is -2.23. The van der Waals surface area contributed by atoms with E-state index in [0.29, 0.717) is 0 Å². The molecule has 0 saturated heterocycles. The third-order valence-corrected chi connectivity index (χ3v) is 3.48. The van der Waals surface area contributed by atoms with E-state index < -0.39 is 11.7 Å². The van der Waals surface area contributed by atoms with Crippen molar-refractivity contribution in [2.24, 2.45) is 0 Å². The molecule has 120 valence electrons. The normalized spacial score (nSPS) is 17.1. The molecule has 1 atom stereocenters. The fraction of sp³-hybridized carbons (Fsp3) is 0.529. The van der Waals surface area contributed by atoms with Crippen molar-refractivity contribution in [3.63, 3.8) is 0 Å². The van der Waals surface area contributed by atoms with Crippen molar-refractivity contribution >= 4 is 17.7 Å². The van der Waals surface area contributed by atoms with Crippen LogP contribution in [0, 0.1) is 0 Å². The van der Waals surface area contributed by atoms with Crippen LogP contribution in [0.4, 0.5) is 10.5 Å². The second-order valence-corrected chi connectivity index (χ2v) is 6.62. The van der Waals surface area contributed by atoms with Gasteiger partial charge in [-0.25, -0.2) is 4.79 Å². The monoisotopic (exact) mass is 304 g/mol. The summed E-state index contributed by atoms with van der Waals surface area (Å²) in [5.41, 5.74) is 1.65. The third kappa shape index (κ3) is 4.00. The summed E-state index contributed by atoms with van der Waals surface area (Å²) in [6.07, 6.45) is 0.648. The fourth-order valence-corrected chi connectivity index (χ4v) is 2.65. The second-order valence-electron chi connectivity index (χ2n) is 6.62. The fourth-order valence-electron chi connectivity index (χ4n) is 2.65. The summed E-state index contributed by atoms with van der Waals surface area (Å²) in [6, 6.07) is 8.11. The Morgan fingerprint density at radius 3 is 2.68 bits per heavy atom. The number of nitrogens with zero attached hydrogens (tertiary/aromatic N) is 1. The minimum absolute atomic E-state index is 0.0218. The number of alkyl carbamates (subject to hydrolysis) is 1. The van der Waals surface area contributed by atoms with Gasteiger partial charge in [0.1, 0.15) is 5.60 Å². The number of carbonyl (C=O) groups is 2. The van der Waals surface area contributed by atoms with E-state index in [2.05, 4.69) is 11.4 Å². The molecule has 5 heteroatoms. The molecule has 0 bridgehead atoms. The molecule has 1 N–H and O–H groups in total. The van der Waals surface area contributed by atoms with E-state index in [4.69, 9.17) is 4.74 Å². The van der Waals surface area contributed by atoms with Crippen molar-refractivity contribution < 1.29 is 14.3 Å². The van der Waals surface area contributed by atoms with Gasteiger partial charge in [0.2, 0.25) is 5.91 Å². The number of carbonyl (C=O) groups excluding carboxylic acids is 2. The van der Waals surface area contributed by atoms with E-state index in [-0.39, 0.29) is 24.9 Å². The van der Waals surface area contributed by atoms with Gasteiger partial charge in [-0.1, -0.05) is 18.2 Å². The quantitative estimate of drug-likeness (QED) is 0.934. The third-order valence-electron chi connectivity index (χ3n) is 3.48. The molecule has 2 rings (SSSR count). The Morgan fingerprint density at radius 1 is 1.32 bits per heavy atom. The highest BCUT2D eigenvalue weighted by Crippen LogP contribution is 2.32. The van der Waals surface area contributed by atoms with Gasteiger partial charge in [-0.05, 0) is 45.7 Å². The summed E-state index contributed by atoms with van der Waals surface area (Å²) >= 11 is 0. The van der Waals surface area contributed by atoms with Gasteiger partial charge in [0.05, 0.1) is 0 Å². The zero-order valence-electron chi connectivity index (χ0n) is 13.7. The highest BCUT2D eigenvalue weighted by molar-refractivity contribution is 5.96. The topological polar surface area (TPSA) is 58.6 Å². The summed E-state index contributed by atoms with van der Waals surface area (Å²) in [4.78, 5) is 25.8. The first kappa shape index (κ1) is 16.3. The van der Waals surface area contributed by atoms with Crippen molar-refractivity contribution in [2.75, 3.05) is 11.4 Å². The van der Waals surface area contributed by atoms with Crippen LogP contribution in [0.25, 0.3) is 0 Å². The molecular weight excluding hydrogens is 280 g/mol. The highest BCUT2D eigenvalue weighted by Gasteiger charge is 2.30. The Balaban J connectivity index is 1.87. The second kappa shape index (κ2) is 6.38. The Hall–Kier alpha value is -2.04. The zero-order chi connectivity index (χ0) is 16.3. The van der Waals surface area contributed by atoms with E-state index >= 15 is 0 Å². The number of fused-ring (bicyclic) bond motifs is 1. The Morgan fingerprint density at radius 2 is 2.00 bits per heavy atom. The van der Waals surface area contributed by atoms with Gasteiger partial charge in [0.15, 0.2) is 0 Å². The van der Waals surface area contributed by atoms with Crippen LogP contribution in [-0.2, 0) is 16.0 Å². The molecule has 0 spiro atoms. The number of hydrogen-bond donors (Lipinski definition) is 1. The molecule has 5 nitrogen and oxygen atoms in total. The van der Waals surface area contributed by atoms with E-state index in [1.807, 2.05) is 30.0 Å². The van der Waals surface area contributed by atoms with E-state index in [9.17, 15) is 9.59 Å². The van der Waals surface area contributed by atoms with E-state index in [1.165, 1.54) is 5.56 Å². The SMILES string of the molecule is C[C@H]1Cc2ccccc2N1C(=O)CCNC(=O)OC(C)(C)C. The lowest BCUT2D eigenvalue weighted by atomic mass is 10.1. The molecular formula is C17H24N2O3. The van der Waals surface area contributed by atoms with Crippen molar-refractivity contribution in [1.82, 2.24) is 5.32 Å². The van der Waals surface area contributed by atoms with Gasteiger partial charge in [-0.2, -0.15) is 0 Å². The zero-order valence-corrected chi connectivity index (χ0v) is 13.7. The number of hydrogen-bond acceptors (Lipinski definition) is 3. The molecule has 0 aliphatic carbocycles. The summed E-state index contributed by atoms with van der Waals surface area (Å²) in [5.74, 6) is 0.0218. The van der Waals surface area contributed by atoms with Crippen LogP contribution in [-0.4, -0.2) is 30.2 Å². The van der Waals surface area contributed by atoms with Gasteiger partial charge in [0, 0.05) is 24.7 Å². The molecule has 1 aromatic carbocycles. The van der Waals surface area contributed by atoms with Crippen molar-refractivity contribution in [2.45, 2.75) is 52.2 Å². The van der Waals surface area contributed by atoms with Crippen LogP contribution >= 0.6 is 0 Å². The minimum atomic E-state index is -0.531. The lowest BCUT2D eigenvalue weighted by molar-refractivity contribution is -0.118. The summed E-state index contributed by atoms with van der Waals surface area (Å²) < 4.78 is 5.15. The first-order valence-electron chi connectivity index (χ1n) is 7.65. The van der Waals surface area contributed by atoms with Crippen LogP contribution < -0.4 is 10.2 Å². The number of rotatable bonds is 3. The Labute approximate surface area is 131 Å². The maximum absolute atomic E-state index is 12.4. The average molecular weight is 304 g/mol. The minimum Gasteiger partial charge on any atom is -0.444 e. The number of nitrogens with one attached hydrogen (secondary N) is 1. The number of para-hydroxylation sites is 1. The molecule has 2 amide bonds. The number of anilines is 1. The maximum atomic E-state index is 12.4. The van der Waals surface area contributed by atoms with Gasteiger partial charge in [-0.15, -0.1) is 0 Å². The molecule has 1 aliphatic heterocycles. The summed E-state index contributed by atoms with van der Waals surface area (Å²) in [6.45, 7) is 7.74. The van der Waals surface area contributed by atoms with Crippen LogP contribution in [0.1, 0.15) is 39.7 Å². The van der Waals surface area contributed by atoms with Gasteiger partial charge >= 0.3 is 6.09 Å². The Bertz CT molecular complexity index is 563. The highest BCUT2D eigenvalue weighted by atomic mass is 16.6. The summed E-state index contributed by atoms with van der Waals surface area (Å²) in [5, 5.41) is 2.62. The van der Waals surface area contributed by atoms with Gasteiger partial charge < -0.3 is 15.0 Å². The number of amides is 2. The maximum Gasteiger partial charge on any atom is 0.407 e. The molecule has 1 aromatic rings. The van der Waals surface area contributed by atoms with Crippen molar-refractivity contribution in [3.8, 4) is 0 Å². The molecule has 0 fully saturated rings. The van der Waals surface area contributed by atoms with Crippen molar-refractivity contribution in [3.05, 3.63) is 29.8 Å². The van der Waals surface area contributed by atoms with Gasteiger partial charge in [-0.3, -0.25) is 4.79 Å². The van der Waals surface area contributed by atoms with Crippen LogP contribution in [0.5, 0.6) is 0 Å². The predicted octanol–water partition coefficient (Wildman–Crippen LogP) is 2.88. The molecule has 1 aliphatic rings. The van der Waals surface area contributed by atoms with Crippen LogP contribution in [0.3, 0.4) is 0 Å². The first-order chi connectivity index (χ1) is 10.3. The van der Waals surface area contributed by atoms with Crippen molar-refractivity contribution in [1.29, 1.82) is 0 Å². The smallest absolute Gasteiger partial charge is 0.407 e. The predicted molar refractivity (Wildman–Crippen MR) is 85.9 cm³/mol. The molecule has 1 heterocycles. The van der Waals surface area contributed by atoms with E-state index in [1.54, 1.807) is 20.8 Å². The van der Waals surface area contributed by atoms with E-state index in [0.717, 1.165) is 12.1 Å². The molecule has 22 heavy (non-hydrogen) atoms. The van der Waals surface area contributed by atoms with Gasteiger partial charge in [0.25, 0.3) is 0 Å². The Kier molecular flexibility index (Phi) is 4.74. The number of ether oxygens (including phenoxy) is 1. The first-order valence-corrected chi connectivity index (χ1v) is 7.65. The molecule has 0 aromatic heterocycles.